The summed E-state index contributed by atoms with van der Waals surface area (Å²) < 4.78 is 67.9. The lowest BCUT2D eigenvalue weighted by molar-refractivity contribution is -0.161. The summed E-state index contributed by atoms with van der Waals surface area (Å²) in [5, 5.41) is 10.5. The highest BCUT2D eigenvalue weighted by atomic mass is 31.2. The number of hydrogen-bond donors (Lipinski definition) is 3. The number of hydrogen-bond acceptors (Lipinski definition) is 15. The third-order valence-electron chi connectivity index (χ3n) is 15.4. The fraction of sp³-hybridized carbons (Fsp3) is 0.937. The number of aliphatic hydroxyl groups is 1. The molecule has 0 rings (SSSR count). The second-order valence-corrected chi connectivity index (χ2v) is 26.9. The summed E-state index contributed by atoms with van der Waals surface area (Å²) in [5.74, 6) is 0.774. The Balaban J connectivity index is 5.27. The average Bonchev–Trinajstić information content (AvgIpc) is 3.45. The Hall–Kier alpha value is -1.94. The molecule has 82 heavy (non-hydrogen) atoms. The van der Waals surface area contributed by atoms with Gasteiger partial charge in [-0.05, 0) is 49.4 Å². The molecule has 0 heterocycles. The number of phosphoric acid groups is 2. The van der Waals surface area contributed by atoms with Crippen molar-refractivity contribution in [3.63, 3.8) is 0 Å². The first-order valence-electron chi connectivity index (χ1n) is 32.8. The maximum absolute atomic E-state index is 13.0. The minimum Gasteiger partial charge on any atom is -0.462 e. The van der Waals surface area contributed by atoms with Gasteiger partial charge in [-0.15, -0.1) is 0 Å². The van der Waals surface area contributed by atoms with Crippen LogP contribution in [-0.2, 0) is 65.4 Å². The molecule has 0 aliphatic heterocycles. The van der Waals surface area contributed by atoms with Gasteiger partial charge in [0.25, 0.3) is 0 Å². The molecule has 0 aromatic rings. The normalized spacial score (nSPS) is 15.5. The monoisotopic (exact) mass is 1210 g/mol. The average molecular weight is 1210 g/mol. The molecular weight excluding hydrogens is 1090 g/mol. The van der Waals surface area contributed by atoms with E-state index in [4.69, 9.17) is 37.0 Å². The summed E-state index contributed by atoms with van der Waals surface area (Å²) in [6.07, 6.45) is 32.2. The predicted octanol–water partition coefficient (Wildman–Crippen LogP) is 17.0. The van der Waals surface area contributed by atoms with Crippen molar-refractivity contribution in [1.82, 2.24) is 0 Å². The Morgan fingerprint density at radius 1 is 0.341 bits per heavy atom. The number of phosphoric ester groups is 2. The van der Waals surface area contributed by atoms with E-state index in [0.717, 1.165) is 126 Å². The van der Waals surface area contributed by atoms with Crippen LogP contribution in [0.3, 0.4) is 0 Å². The van der Waals surface area contributed by atoms with Gasteiger partial charge in [0.1, 0.15) is 19.3 Å². The van der Waals surface area contributed by atoms with Gasteiger partial charge in [0.2, 0.25) is 0 Å². The third-order valence-corrected chi connectivity index (χ3v) is 17.3. The highest BCUT2D eigenvalue weighted by Gasteiger charge is 2.30. The van der Waals surface area contributed by atoms with Crippen LogP contribution >= 0.6 is 15.6 Å². The zero-order valence-electron chi connectivity index (χ0n) is 53.1. The van der Waals surface area contributed by atoms with Gasteiger partial charge in [-0.25, -0.2) is 9.13 Å². The Kier molecular flexibility index (Phi) is 52.0. The molecule has 486 valence electrons. The molecule has 0 radical (unpaired) electrons. The summed E-state index contributed by atoms with van der Waals surface area (Å²) in [6, 6.07) is 0. The molecule has 0 aromatic carbocycles. The van der Waals surface area contributed by atoms with Crippen molar-refractivity contribution in [3.05, 3.63) is 0 Å². The summed E-state index contributed by atoms with van der Waals surface area (Å²) in [7, 11) is -9.89. The van der Waals surface area contributed by atoms with Crippen molar-refractivity contribution in [3.8, 4) is 0 Å². The number of esters is 4. The Morgan fingerprint density at radius 2 is 0.585 bits per heavy atom. The molecule has 0 aliphatic carbocycles. The van der Waals surface area contributed by atoms with E-state index in [1.807, 2.05) is 0 Å². The van der Waals surface area contributed by atoms with Crippen molar-refractivity contribution in [2.75, 3.05) is 39.6 Å². The van der Waals surface area contributed by atoms with Gasteiger partial charge in [-0.3, -0.25) is 37.3 Å². The van der Waals surface area contributed by atoms with Crippen LogP contribution < -0.4 is 0 Å². The summed E-state index contributed by atoms with van der Waals surface area (Å²) in [6.45, 7) is 13.9. The second kappa shape index (κ2) is 53.3. The van der Waals surface area contributed by atoms with Crippen LogP contribution in [0.4, 0.5) is 0 Å². The summed E-state index contributed by atoms with van der Waals surface area (Å²) in [5.41, 5.74) is 0. The van der Waals surface area contributed by atoms with Gasteiger partial charge < -0.3 is 33.8 Å². The number of rotatable bonds is 60. The molecule has 0 saturated heterocycles. The molecule has 0 amide bonds. The van der Waals surface area contributed by atoms with E-state index in [-0.39, 0.29) is 25.7 Å². The minimum absolute atomic E-state index is 0.101. The van der Waals surface area contributed by atoms with E-state index >= 15 is 0 Å². The van der Waals surface area contributed by atoms with Gasteiger partial charge in [-0.2, -0.15) is 0 Å². The van der Waals surface area contributed by atoms with Gasteiger partial charge in [0.05, 0.1) is 26.4 Å². The van der Waals surface area contributed by atoms with E-state index in [1.165, 1.54) is 89.9 Å². The summed E-state index contributed by atoms with van der Waals surface area (Å²) >= 11 is 0. The second-order valence-electron chi connectivity index (χ2n) is 24.0. The number of ether oxygens (including phenoxy) is 4. The lowest BCUT2D eigenvalue weighted by atomic mass is 10.00. The number of carbonyl (C=O) groups excluding carboxylic acids is 4. The molecule has 0 spiro atoms. The Bertz CT molecular complexity index is 1650. The maximum atomic E-state index is 13.0. The molecule has 0 aromatic heterocycles. The van der Waals surface area contributed by atoms with Crippen molar-refractivity contribution in [1.29, 1.82) is 0 Å². The van der Waals surface area contributed by atoms with E-state index in [1.54, 1.807) is 0 Å². The lowest BCUT2D eigenvalue weighted by Crippen LogP contribution is -2.30. The van der Waals surface area contributed by atoms with Crippen LogP contribution in [0, 0.1) is 23.7 Å². The SMILES string of the molecule is CCC(C)CCCCCCCCC(=O)OC[C@H](COP(=O)(O)OC[C@@H](O)COP(=O)(O)OC[C@@H](COC(=O)CCCCCCCCC(C)CC)OC(=O)CCCCCCCCC(C)CC)OC(=O)CCCCCCCCCCCC(C)C. The number of aliphatic hydroxyl groups excluding tert-OH is 1. The molecule has 17 nitrogen and oxygen atoms in total. The predicted molar refractivity (Wildman–Crippen MR) is 326 cm³/mol. The first kappa shape index (κ1) is 80.1. The van der Waals surface area contributed by atoms with E-state index in [2.05, 4.69) is 55.4 Å². The first-order valence-corrected chi connectivity index (χ1v) is 35.8. The van der Waals surface area contributed by atoms with E-state index in [0.29, 0.717) is 25.7 Å². The Morgan fingerprint density at radius 3 is 0.866 bits per heavy atom. The van der Waals surface area contributed by atoms with Crippen LogP contribution in [0.5, 0.6) is 0 Å². The van der Waals surface area contributed by atoms with Crippen molar-refractivity contribution in [2.45, 2.75) is 318 Å². The van der Waals surface area contributed by atoms with Crippen molar-refractivity contribution < 1.29 is 80.2 Å². The van der Waals surface area contributed by atoms with Gasteiger partial charge in [0.15, 0.2) is 12.2 Å². The first-order chi connectivity index (χ1) is 39.2. The molecular formula is C63H122O17P2. The molecule has 0 bridgehead atoms. The standard InChI is InChI=1S/C63H122O17P2/c1-9-54(6)40-32-24-17-20-27-35-43-60(65)73-49-58(79-62(67)45-37-29-16-14-12-13-15-23-31-39-53(4)5)51-77-81(69,70)75-47-57(64)48-76-82(71,72)78-52-59(80-63(68)46-38-30-22-19-26-34-42-56(8)11-3)50-74-61(66)44-36-28-21-18-25-33-41-55(7)10-2/h53-59,64H,9-52H2,1-8H3,(H,69,70)(H,71,72)/t54?,55?,56?,57-,58-,59-/m1/s1. The van der Waals surface area contributed by atoms with Crippen LogP contribution in [0.25, 0.3) is 0 Å². The van der Waals surface area contributed by atoms with Crippen LogP contribution in [0.15, 0.2) is 0 Å². The molecule has 0 fully saturated rings. The highest BCUT2D eigenvalue weighted by Crippen LogP contribution is 2.45. The molecule has 0 saturated carbocycles. The topological polar surface area (TPSA) is 237 Å². The molecule has 3 N–H and O–H groups in total. The van der Waals surface area contributed by atoms with E-state index < -0.39 is 97.5 Å². The van der Waals surface area contributed by atoms with Gasteiger partial charge >= 0.3 is 39.5 Å². The van der Waals surface area contributed by atoms with Crippen LogP contribution in [-0.4, -0.2) is 96.7 Å². The minimum atomic E-state index is -4.94. The van der Waals surface area contributed by atoms with Crippen molar-refractivity contribution >= 4 is 39.5 Å². The molecule has 5 unspecified atom stereocenters. The zero-order chi connectivity index (χ0) is 61.1. The fourth-order valence-electron chi connectivity index (χ4n) is 9.16. The molecule has 19 heteroatoms. The quantitative estimate of drug-likeness (QED) is 0.0222. The zero-order valence-corrected chi connectivity index (χ0v) is 54.9. The molecule has 0 aliphatic rings. The number of carbonyl (C=O) groups is 4. The highest BCUT2D eigenvalue weighted by molar-refractivity contribution is 7.47. The third kappa shape index (κ3) is 53.5. The smallest absolute Gasteiger partial charge is 0.462 e. The maximum Gasteiger partial charge on any atom is 0.472 e. The van der Waals surface area contributed by atoms with E-state index in [9.17, 15) is 43.2 Å². The largest absolute Gasteiger partial charge is 0.472 e. The van der Waals surface area contributed by atoms with Crippen molar-refractivity contribution in [2.24, 2.45) is 23.7 Å². The lowest BCUT2D eigenvalue weighted by Gasteiger charge is -2.21. The Labute approximate surface area is 498 Å². The summed E-state index contributed by atoms with van der Waals surface area (Å²) in [4.78, 5) is 72.2. The van der Waals surface area contributed by atoms with Gasteiger partial charge in [-0.1, -0.05) is 248 Å². The van der Waals surface area contributed by atoms with Gasteiger partial charge in [0, 0.05) is 25.7 Å². The fourth-order valence-corrected chi connectivity index (χ4v) is 10.7. The molecule has 8 atom stereocenters. The van der Waals surface area contributed by atoms with Crippen LogP contribution in [0.1, 0.15) is 299 Å². The van der Waals surface area contributed by atoms with Crippen LogP contribution in [0.2, 0.25) is 0 Å². The number of unbranched alkanes of at least 4 members (excludes halogenated alkanes) is 23.